The Kier molecular flexibility index (Phi) is 3.78. The van der Waals surface area contributed by atoms with E-state index in [4.69, 9.17) is 0 Å². The van der Waals surface area contributed by atoms with Gasteiger partial charge in [0.2, 0.25) is 5.95 Å². The zero-order valence-electron chi connectivity index (χ0n) is 10.8. The number of likely N-dealkylation sites (tertiary alicyclic amines) is 1. The third-order valence-corrected chi connectivity index (χ3v) is 3.05. The van der Waals surface area contributed by atoms with E-state index in [1.165, 1.54) is 19.4 Å². The van der Waals surface area contributed by atoms with Crippen molar-refractivity contribution in [2.45, 2.75) is 25.8 Å². The second-order valence-electron chi connectivity index (χ2n) is 4.71. The lowest BCUT2D eigenvalue weighted by atomic mass is 10.1. The molecule has 1 aliphatic heterocycles. The van der Waals surface area contributed by atoms with Gasteiger partial charge in [-0.05, 0) is 33.4 Å². The first-order chi connectivity index (χ1) is 8.17. The van der Waals surface area contributed by atoms with Gasteiger partial charge in [-0.15, -0.1) is 0 Å². The zero-order chi connectivity index (χ0) is 12.3. The van der Waals surface area contributed by atoms with Gasteiger partial charge in [0.1, 0.15) is 5.82 Å². The van der Waals surface area contributed by atoms with Crippen LogP contribution in [0.15, 0.2) is 6.07 Å². The third-order valence-electron chi connectivity index (χ3n) is 3.05. The standard InChI is InChI=1S/C12H21N5/c1-9-7-11(16-12(13-2)14-9)15-10-5-4-6-17(3)8-10/h7,10H,4-6,8H2,1-3H3,(H2,13,14,15,16). The van der Waals surface area contributed by atoms with Gasteiger partial charge in [0, 0.05) is 31.4 Å². The topological polar surface area (TPSA) is 53.1 Å². The maximum atomic E-state index is 4.42. The maximum Gasteiger partial charge on any atom is 0.224 e. The molecule has 5 heteroatoms. The zero-order valence-corrected chi connectivity index (χ0v) is 10.8. The molecule has 0 saturated carbocycles. The molecule has 0 bridgehead atoms. The van der Waals surface area contributed by atoms with Crippen LogP contribution in [0.5, 0.6) is 0 Å². The van der Waals surface area contributed by atoms with Crippen LogP contribution in [0.3, 0.4) is 0 Å². The van der Waals surface area contributed by atoms with E-state index in [9.17, 15) is 0 Å². The van der Waals surface area contributed by atoms with Crippen LogP contribution in [0.4, 0.5) is 11.8 Å². The second-order valence-corrected chi connectivity index (χ2v) is 4.71. The maximum absolute atomic E-state index is 4.42. The van der Waals surface area contributed by atoms with Crippen molar-refractivity contribution in [3.63, 3.8) is 0 Å². The number of nitrogens with zero attached hydrogens (tertiary/aromatic N) is 3. The van der Waals surface area contributed by atoms with Crippen molar-refractivity contribution in [1.29, 1.82) is 0 Å². The Morgan fingerprint density at radius 3 is 2.94 bits per heavy atom. The summed E-state index contributed by atoms with van der Waals surface area (Å²) < 4.78 is 0. The van der Waals surface area contributed by atoms with Gasteiger partial charge >= 0.3 is 0 Å². The summed E-state index contributed by atoms with van der Waals surface area (Å²) in [5.41, 5.74) is 0.982. The molecule has 1 aromatic heterocycles. The molecule has 0 spiro atoms. The molecule has 0 amide bonds. The molecule has 1 unspecified atom stereocenters. The van der Waals surface area contributed by atoms with Gasteiger partial charge in [-0.1, -0.05) is 0 Å². The summed E-state index contributed by atoms with van der Waals surface area (Å²) in [4.78, 5) is 11.1. The number of hydrogen-bond donors (Lipinski definition) is 2. The summed E-state index contributed by atoms with van der Waals surface area (Å²) in [6.45, 7) is 4.27. The van der Waals surface area contributed by atoms with E-state index >= 15 is 0 Å². The largest absolute Gasteiger partial charge is 0.366 e. The van der Waals surface area contributed by atoms with Crippen LogP contribution in [-0.2, 0) is 0 Å². The highest BCUT2D eigenvalue weighted by Gasteiger charge is 2.17. The minimum Gasteiger partial charge on any atom is -0.366 e. The van der Waals surface area contributed by atoms with Crippen LogP contribution >= 0.6 is 0 Å². The highest BCUT2D eigenvalue weighted by atomic mass is 15.2. The van der Waals surface area contributed by atoms with Crippen molar-refractivity contribution < 1.29 is 0 Å². The number of aromatic nitrogens is 2. The molecular weight excluding hydrogens is 214 g/mol. The van der Waals surface area contributed by atoms with Crippen LogP contribution in [-0.4, -0.2) is 48.1 Å². The SMILES string of the molecule is CNc1nc(C)cc(NC2CCCN(C)C2)n1. The number of anilines is 2. The molecule has 94 valence electrons. The van der Waals surface area contributed by atoms with Crippen LogP contribution in [0.2, 0.25) is 0 Å². The normalized spacial score (nSPS) is 21.2. The van der Waals surface area contributed by atoms with E-state index in [1.54, 1.807) is 0 Å². The van der Waals surface area contributed by atoms with Crippen molar-refractivity contribution >= 4 is 11.8 Å². The van der Waals surface area contributed by atoms with Crippen molar-refractivity contribution in [2.75, 3.05) is 37.8 Å². The predicted molar refractivity (Wildman–Crippen MR) is 70.5 cm³/mol. The first-order valence-electron chi connectivity index (χ1n) is 6.16. The van der Waals surface area contributed by atoms with E-state index < -0.39 is 0 Å². The fraction of sp³-hybridized carbons (Fsp3) is 0.667. The number of nitrogens with one attached hydrogen (secondary N) is 2. The molecule has 5 nitrogen and oxygen atoms in total. The Morgan fingerprint density at radius 2 is 2.24 bits per heavy atom. The molecule has 0 radical (unpaired) electrons. The molecule has 17 heavy (non-hydrogen) atoms. The molecule has 0 aromatic carbocycles. The minimum absolute atomic E-state index is 0.493. The number of rotatable bonds is 3. The second kappa shape index (κ2) is 5.31. The average molecular weight is 235 g/mol. The number of hydrogen-bond acceptors (Lipinski definition) is 5. The molecule has 2 heterocycles. The van der Waals surface area contributed by atoms with E-state index in [0.29, 0.717) is 12.0 Å². The van der Waals surface area contributed by atoms with Crippen molar-refractivity contribution in [3.05, 3.63) is 11.8 Å². The van der Waals surface area contributed by atoms with Gasteiger partial charge in [0.15, 0.2) is 0 Å². The van der Waals surface area contributed by atoms with E-state index in [1.807, 2.05) is 20.0 Å². The fourth-order valence-corrected chi connectivity index (χ4v) is 2.25. The first kappa shape index (κ1) is 12.1. The Labute approximate surface area is 103 Å². The Bertz CT molecular complexity index is 379. The smallest absolute Gasteiger partial charge is 0.224 e. The Morgan fingerprint density at radius 1 is 1.41 bits per heavy atom. The highest BCUT2D eigenvalue weighted by Crippen LogP contribution is 2.15. The third kappa shape index (κ3) is 3.30. The van der Waals surface area contributed by atoms with Gasteiger partial charge in [-0.2, -0.15) is 4.98 Å². The molecule has 1 atom stereocenters. The van der Waals surface area contributed by atoms with Crippen LogP contribution in [0, 0.1) is 6.92 Å². The fourth-order valence-electron chi connectivity index (χ4n) is 2.25. The van der Waals surface area contributed by atoms with Crippen molar-refractivity contribution in [3.8, 4) is 0 Å². The van der Waals surface area contributed by atoms with Crippen LogP contribution in [0.25, 0.3) is 0 Å². The molecule has 2 N–H and O–H groups in total. The van der Waals surface area contributed by atoms with Crippen molar-refractivity contribution in [1.82, 2.24) is 14.9 Å². The summed E-state index contributed by atoms with van der Waals surface area (Å²) in [5, 5.41) is 6.48. The molecule has 1 fully saturated rings. The summed E-state index contributed by atoms with van der Waals surface area (Å²) >= 11 is 0. The van der Waals surface area contributed by atoms with Gasteiger partial charge in [-0.3, -0.25) is 0 Å². The average Bonchev–Trinajstić information content (AvgIpc) is 2.28. The van der Waals surface area contributed by atoms with Gasteiger partial charge in [-0.25, -0.2) is 4.98 Å². The molecule has 1 aromatic rings. The van der Waals surface area contributed by atoms with E-state index in [-0.39, 0.29) is 0 Å². The molecule has 0 aliphatic carbocycles. The molecular formula is C12H21N5. The van der Waals surface area contributed by atoms with Gasteiger partial charge < -0.3 is 15.5 Å². The number of likely N-dealkylation sites (N-methyl/N-ethyl adjacent to an activating group) is 1. The lowest BCUT2D eigenvalue weighted by Crippen LogP contribution is -2.39. The van der Waals surface area contributed by atoms with Crippen molar-refractivity contribution in [2.24, 2.45) is 0 Å². The summed E-state index contributed by atoms with van der Waals surface area (Å²) in [5.74, 6) is 1.60. The Balaban J connectivity index is 2.04. The summed E-state index contributed by atoms with van der Waals surface area (Å²) in [7, 11) is 4.00. The van der Waals surface area contributed by atoms with Crippen LogP contribution < -0.4 is 10.6 Å². The summed E-state index contributed by atoms with van der Waals surface area (Å²) in [6.07, 6.45) is 2.46. The van der Waals surface area contributed by atoms with E-state index in [0.717, 1.165) is 18.1 Å². The number of piperidine rings is 1. The quantitative estimate of drug-likeness (QED) is 0.828. The Hall–Kier alpha value is -1.36. The molecule has 1 aliphatic rings. The number of aryl methyl sites for hydroxylation is 1. The first-order valence-corrected chi connectivity index (χ1v) is 6.16. The lowest BCUT2D eigenvalue weighted by Gasteiger charge is -2.30. The van der Waals surface area contributed by atoms with Gasteiger partial charge in [0.25, 0.3) is 0 Å². The van der Waals surface area contributed by atoms with Gasteiger partial charge in [0.05, 0.1) is 0 Å². The lowest BCUT2D eigenvalue weighted by molar-refractivity contribution is 0.261. The predicted octanol–water partition coefficient (Wildman–Crippen LogP) is 1.33. The summed E-state index contributed by atoms with van der Waals surface area (Å²) in [6, 6.07) is 2.49. The van der Waals surface area contributed by atoms with Crippen LogP contribution in [0.1, 0.15) is 18.5 Å². The van der Waals surface area contributed by atoms with E-state index in [2.05, 4.69) is 32.5 Å². The highest BCUT2D eigenvalue weighted by molar-refractivity contribution is 5.42. The minimum atomic E-state index is 0.493. The molecule has 2 rings (SSSR count). The molecule has 1 saturated heterocycles. The monoisotopic (exact) mass is 235 g/mol.